The number of para-hydroxylation sites is 1. The zero-order valence-electron chi connectivity index (χ0n) is 16.5. The van der Waals surface area contributed by atoms with Crippen LogP contribution >= 0.6 is 0 Å². The summed E-state index contributed by atoms with van der Waals surface area (Å²) in [6.07, 6.45) is 6.77. The molecule has 0 atom stereocenters. The van der Waals surface area contributed by atoms with Crippen molar-refractivity contribution in [2.75, 3.05) is 13.7 Å². The van der Waals surface area contributed by atoms with Gasteiger partial charge >= 0.3 is 5.97 Å². The summed E-state index contributed by atoms with van der Waals surface area (Å²) in [7, 11) is 1.45. The second kappa shape index (κ2) is 7.96. The number of esters is 1. The molecule has 0 aromatic heterocycles. The van der Waals surface area contributed by atoms with Gasteiger partial charge in [0.1, 0.15) is 11.5 Å². The van der Waals surface area contributed by atoms with E-state index in [1.54, 1.807) is 0 Å². The molecule has 0 radical (unpaired) electrons. The van der Waals surface area contributed by atoms with Gasteiger partial charge in [-0.15, -0.1) is 0 Å². The van der Waals surface area contributed by atoms with Crippen LogP contribution in [0.1, 0.15) is 50.5 Å². The minimum absolute atomic E-state index is 0.117. The van der Waals surface area contributed by atoms with Crippen molar-refractivity contribution in [1.29, 1.82) is 0 Å². The normalized spacial score (nSPS) is 26.0. The third-order valence-corrected chi connectivity index (χ3v) is 6.43. The van der Waals surface area contributed by atoms with Crippen LogP contribution in [-0.4, -0.2) is 19.7 Å². The van der Waals surface area contributed by atoms with E-state index in [1.165, 1.54) is 12.7 Å². The highest BCUT2D eigenvalue weighted by Gasteiger charge is 2.50. The van der Waals surface area contributed by atoms with E-state index < -0.39 is 0 Å². The molecule has 0 N–H and O–H groups in total. The van der Waals surface area contributed by atoms with E-state index >= 15 is 0 Å². The van der Waals surface area contributed by atoms with Crippen LogP contribution in [0.4, 0.5) is 0 Å². The maximum atomic E-state index is 11.4. The van der Waals surface area contributed by atoms with Crippen molar-refractivity contribution in [2.24, 2.45) is 5.41 Å². The number of benzene rings is 2. The smallest absolute Gasteiger partial charge is 0.305 e. The molecular weight excluding hydrogens is 352 g/mol. The molecule has 2 heterocycles. The Bertz CT molecular complexity index is 790. The average molecular weight is 380 g/mol. The van der Waals surface area contributed by atoms with Crippen LogP contribution in [-0.2, 0) is 19.9 Å². The second-order valence-corrected chi connectivity index (χ2v) is 8.16. The molecule has 2 saturated heterocycles. The summed E-state index contributed by atoms with van der Waals surface area (Å²) in [5.74, 6) is 1.57. The highest BCUT2D eigenvalue weighted by atomic mass is 16.5. The summed E-state index contributed by atoms with van der Waals surface area (Å²) >= 11 is 0. The zero-order valence-corrected chi connectivity index (χ0v) is 16.5. The molecule has 2 aromatic rings. The van der Waals surface area contributed by atoms with Crippen LogP contribution in [0.15, 0.2) is 54.6 Å². The maximum Gasteiger partial charge on any atom is 0.305 e. The van der Waals surface area contributed by atoms with Crippen LogP contribution in [0.3, 0.4) is 0 Å². The Labute approximate surface area is 166 Å². The minimum Gasteiger partial charge on any atom is -0.469 e. The van der Waals surface area contributed by atoms with E-state index in [9.17, 15) is 4.79 Å². The Morgan fingerprint density at radius 3 is 2.43 bits per heavy atom. The Kier molecular flexibility index (Phi) is 5.40. The third-order valence-electron chi connectivity index (χ3n) is 6.43. The number of carbonyl (C=O) groups is 1. The molecule has 4 nitrogen and oxygen atoms in total. The second-order valence-electron chi connectivity index (χ2n) is 8.16. The predicted octanol–water partition coefficient (Wildman–Crippen LogP) is 5.61. The van der Waals surface area contributed by atoms with Crippen molar-refractivity contribution < 1.29 is 19.0 Å². The van der Waals surface area contributed by atoms with Gasteiger partial charge in [-0.05, 0) is 73.8 Å². The van der Waals surface area contributed by atoms with Crippen molar-refractivity contribution in [3.05, 3.63) is 60.2 Å². The molecule has 2 aliphatic heterocycles. The minimum atomic E-state index is -0.194. The van der Waals surface area contributed by atoms with Crippen molar-refractivity contribution in [3.8, 4) is 11.5 Å². The van der Waals surface area contributed by atoms with Crippen LogP contribution in [0.2, 0.25) is 0 Å². The highest BCUT2D eigenvalue weighted by Crippen LogP contribution is 2.55. The quantitative estimate of drug-likeness (QED) is 0.586. The maximum absolute atomic E-state index is 11.4. The molecule has 4 heteroatoms. The summed E-state index contributed by atoms with van der Waals surface area (Å²) in [4.78, 5) is 11.4. The molecule has 0 unspecified atom stereocenters. The topological polar surface area (TPSA) is 44.8 Å². The van der Waals surface area contributed by atoms with Gasteiger partial charge in [-0.2, -0.15) is 0 Å². The largest absolute Gasteiger partial charge is 0.469 e. The lowest BCUT2D eigenvalue weighted by atomic mass is 9.62. The summed E-state index contributed by atoms with van der Waals surface area (Å²) in [6.45, 7) is 0.776. The van der Waals surface area contributed by atoms with Crippen LogP contribution < -0.4 is 4.74 Å². The number of fused-ring (bicyclic) bond motifs is 3. The van der Waals surface area contributed by atoms with Crippen molar-refractivity contribution in [1.82, 2.24) is 0 Å². The zero-order chi connectivity index (χ0) is 19.5. The van der Waals surface area contributed by atoms with Crippen molar-refractivity contribution in [2.45, 2.75) is 50.5 Å². The Morgan fingerprint density at radius 2 is 1.75 bits per heavy atom. The van der Waals surface area contributed by atoms with E-state index in [0.717, 1.165) is 56.6 Å². The van der Waals surface area contributed by atoms with Gasteiger partial charge in [0.2, 0.25) is 0 Å². The molecule has 3 fully saturated rings. The lowest BCUT2D eigenvalue weighted by Crippen LogP contribution is -2.49. The molecule has 1 aliphatic carbocycles. The van der Waals surface area contributed by atoms with Crippen LogP contribution in [0.5, 0.6) is 11.5 Å². The van der Waals surface area contributed by atoms with Gasteiger partial charge in [0.25, 0.3) is 0 Å². The lowest BCUT2D eigenvalue weighted by Gasteiger charge is -2.53. The number of hydrogen-bond donors (Lipinski definition) is 0. The Morgan fingerprint density at radius 1 is 1.00 bits per heavy atom. The summed E-state index contributed by atoms with van der Waals surface area (Å²) in [6, 6.07) is 18.2. The van der Waals surface area contributed by atoms with Gasteiger partial charge in [0.15, 0.2) is 0 Å². The highest BCUT2D eigenvalue weighted by molar-refractivity contribution is 5.69. The van der Waals surface area contributed by atoms with Gasteiger partial charge < -0.3 is 14.2 Å². The molecule has 3 aliphatic rings. The molecular formula is C24H28O4. The number of methoxy groups -OCH3 is 1. The van der Waals surface area contributed by atoms with Gasteiger partial charge in [0, 0.05) is 6.42 Å². The van der Waals surface area contributed by atoms with E-state index in [4.69, 9.17) is 14.2 Å². The SMILES string of the molecule is COC(=O)CCCC12CCC(c3cccc(Oc4ccccc4)c3)(CC1)OC2. The fourth-order valence-corrected chi connectivity index (χ4v) is 4.64. The van der Waals surface area contributed by atoms with Crippen LogP contribution in [0.25, 0.3) is 0 Å². The first-order valence-electron chi connectivity index (χ1n) is 10.2. The Balaban J connectivity index is 1.41. The van der Waals surface area contributed by atoms with Crippen molar-refractivity contribution in [3.63, 3.8) is 0 Å². The molecule has 2 aromatic carbocycles. The first kappa shape index (κ1) is 19.0. The number of rotatable bonds is 7. The van der Waals surface area contributed by atoms with E-state index in [-0.39, 0.29) is 17.0 Å². The van der Waals surface area contributed by atoms with E-state index in [1.807, 2.05) is 36.4 Å². The summed E-state index contributed by atoms with van der Waals surface area (Å²) < 4.78 is 17.3. The van der Waals surface area contributed by atoms with E-state index in [0.29, 0.717) is 6.42 Å². The Hall–Kier alpha value is -2.33. The fraction of sp³-hybridized carbons (Fsp3) is 0.458. The van der Waals surface area contributed by atoms with Crippen LogP contribution in [0, 0.1) is 5.41 Å². The molecule has 148 valence electrons. The monoisotopic (exact) mass is 380 g/mol. The van der Waals surface area contributed by atoms with E-state index in [2.05, 4.69) is 18.2 Å². The van der Waals surface area contributed by atoms with Crippen molar-refractivity contribution >= 4 is 5.97 Å². The standard InChI is InChI=1S/C24H28O4/c1-26-22(25)11-6-12-23-13-15-24(16-14-23,27-18-23)19-7-5-10-21(17-19)28-20-8-3-2-4-9-20/h2-5,7-10,17H,6,11-16,18H2,1H3. The first-order chi connectivity index (χ1) is 13.6. The first-order valence-corrected chi connectivity index (χ1v) is 10.2. The summed E-state index contributed by atoms with van der Waals surface area (Å²) in [5.41, 5.74) is 1.25. The molecule has 1 saturated carbocycles. The number of carbonyl (C=O) groups excluding carboxylic acids is 1. The molecule has 0 spiro atoms. The van der Waals surface area contributed by atoms with Gasteiger partial charge in [-0.1, -0.05) is 30.3 Å². The molecule has 28 heavy (non-hydrogen) atoms. The number of hydrogen-bond acceptors (Lipinski definition) is 4. The molecule has 0 amide bonds. The molecule has 5 rings (SSSR count). The van der Waals surface area contributed by atoms with Gasteiger partial charge in [-0.25, -0.2) is 0 Å². The molecule has 2 bridgehead atoms. The average Bonchev–Trinajstić information content (AvgIpc) is 2.76. The number of ether oxygens (including phenoxy) is 3. The van der Waals surface area contributed by atoms with Gasteiger partial charge in [0.05, 0.1) is 19.3 Å². The predicted molar refractivity (Wildman–Crippen MR) is 107 cm³/mol. The fourth-order valence-electron chi connectivity index (χ4n) is 4.64. The summed E-state index contributed by atoms with van der Waals surface area (Å²) in [5, 5.41) is 0. The lowest BCUT2D eigenvalue weighted by molar-refractivity contribution is -0.192. The van der Waals surface area contributed by atoms with Gasteiger partial charge in [-0.3, -0.25) is 4.79 Å². The third kappa shape index (κ3) is 3.93.